The zero-order valence-corrected chi connectivity index (χ0v) is 17.9. The summed E-state index contributed by atoms with van der Waals surface area (Å²) in [6, 6.07) is 15.5. The van der Waals surface area contributed by atoms with Gasteiger partial charge in [0.05, 0.1) is 35.9 Å². The Kier molecular flexibility index (Phi) is 4.80. The number of hydrogen-bond acceptors (Lipinski definition) is 3. The van der Waals surface area contributed by atoms with Crippen molar-refractivity contribution in [2.75, 3.05) is 0 Å². The number of aliphatic hydroxyl groups excluding tert-OH is 1. The maximum Gasteiger partial charge on any atom is 0.129 e. The normalized spacial score (nSPS) is 23.1. The number of benzene rings is 2. The number of halogens is 1. The minimum Gasteiger partial charge on any atom is -0.393 e. The fourth-order valence-electron chi connectivity index (χ4n) is 5.94. The quantitative estimate of drug-likeness (QED) is 0.443. The lowest BCUT2D eigenvalue weighted by Crippen LogP contribution is -2.28. The summed E-state index contributed by atoms with van der Waals surface area (Å²) >= 11 is 0. The van der Waals surface area contributed by atoms with Gasteiger partial charge >= 0.3 is 0 Å². The van der Waals surface area contributed by atoms with Gasteiger partial charge in [-0.3, -0.25) is 4.98 Å². The van der Waals surface area contributed by atoms with Gasteiger partial charge in [0.25, 0.3) is 0 Å². The van der Waals surface area contributed by atoms with Gasteiger partial charge in [-0.05, 0) is 67.7 Å². The van der Waals surface area contributed by atoms with E-state index in [9.17, 15) is 9.50 Å². The maximum absolute atomic E-state index is 14.7. The third-order valence-electron chi connectivity index (χ3n) is 7.57. The molecule has 2 aliphatic rings. The summed E-state index contributed by atoms with van der Waals surface area (Å²) in [5.41, 5.74) is 4.95. The lowest BCUT2D eigenvalue weighted by Gasteiger charge is -2.33. The minimum absolute atomic E-state index is 0.194. The smallest absolute Gasteiger partial charge is 0.129 e. The number of rotatable bonds is 4. The first-order chi connectivity index (χ1) is 15.7. The molecule has 0 amide bonds. The molecule has 1 saturated carbocycles. The molecule has 162 valence electrons. The highest BCUT2D eigenvalue weighted by Gasteiger charge is 2.35. The van der Waals surface area contributed by atoms with Crippen LogP contribution in [0.1, 0.15) is 55.2 Å². The van der Waals surface area contributed by atoms with E-state index in [0.29, 0.717) is 17.9 Å². The first-order valence-electron chi connectivity index (χ1n) is 11.5. The van der Waals surface area contributed by atoms with Crippen molar-refractivity contribution in [3.8, 4) is 11.3 Å². The zero-order valence-electron chi connectivity index (χ0n) is 17.9. The van der Waals surface area contributed by atoms with Gasteiger partial charge in [0.15, 0.2) is 0 Å². The molecule has 1 N–H and O–H groups in total. The van der Waals surface area contributed by atoms with Gasteiger partial charge in [-0.1, -0.05) is 30.3 Å². The second kappa shape index (κ2) is 7.82. The Bertz CT molecular complexity index is 1270. The van der Waals surface area contributed by atoms with Gasteiger partial charge in [-0.2, -0.15) is 0 Å². The maximum atomic E-state index is 14.7. The molecule has 0 radical (unpaired) electrons. The molecule has 6 rings (SSSR count). The second-order valence-electron chi connectivity index (χ2n) is 9.24. The van der Waals surface area contributed by atoms with Crippen LogP contribution in [0.15, 0.2) is 67.3 Å². The number of aliphatic hydroxyl groups is 1. The molecule has 0 bridgehead atoms. The lowest BCUT2D eigenvalue weighted by atomic mass is 9.75. The van der Waals surface area contributed by atoms with Crippen molar-refractivity contribution in [1.82, 2.24) is 14.5 Å². The van der Waals surface area contributed by atoms with Gasteiger partial charge in [-0.15, -0.1) is 0 Å². The molecular weight excluding hydrogens is 401 g/mol. The molecule has 3 heterocycles. The summed E-state index contributed by atoms with van der Waals surface area (Å²) in [5.74, 6) is 0.537. The molecule has 2 aromatic heterocycles. The molecule has 4 aromatic rings. The summed E-state index contributed by atoms with van der Waals surface area (Å²) in [4.78, 5) is 8.76. The van der Waals surface area contributed by atoms with Crippen molar-refractivity contribution >= 4 is 10.9 Å². The number of fused-ring (bicyclic) bond motifs is 4. The Morgan fingerprint density at radius 3 is 2.75 bits per heavy atom. The molecule has 1 aliphatic heterocycles. The van der Waals surface area contributed by atoms with Crippen LogP contribution in [0.2, 0.25) is 0 Å². The molecule has 1 fully saturated rings. The van der Waals surface area contributed by atoms with Crippen LogP contribution in [0.5, 0.6) is 0 Å². The summed E-state index contributed by atoms with van der Waals surface area (Å²) in [6.07, 6.45) is 9.59. The van der Waals surface area contributed by atoms with Crippen LogP contribution in [0.3, 0.4) is 0 Å². The van der Waals surface area contributed by atoms with Crippen LogP contribution < -0.4 is 0 Å². The molecule has 1 aliphatic carbocycles. The summed E-state index contributed by atoms with van der Waals surface area (Å²) in [5, 5.41) is 12.4. The molecule has 2 aromatic carbocycles. The van der Waals surface area contributed by atoms with E-state index in [0.717, 1.165) is 42.5 Å². The Hall–Kier alpha value is -3.05. The number of nitrogens with zero attached hydrogens (tertiary/aromatic N) is 3. The van der Waals surface area contributed by atoms with E-state index in [4.69, 9.17) is 0 Å². The molecule has 4 nitrogen and oxygen atoms in total. The average molecular weight is 428 g/mol. The summed E-state index contributed by atoms with van der Waals surface area (Å²) in [7, 11) is 0. The Balaban J connectivity index is 1.18. The number of pyridine rings is 1. The molecule has 32 heavy (non-hydrogen) atoms. The fourth-order valence-corrected chi connectivity index (χ4v) is 5.94. The summed E-state index contributed by atoms with van der Waals surface area (Å²) in [6.45, 7) is 0. The van der Waals surface area contributed by atoms with E-state index in [-0.39, 0.29) is 17.8 Å². The third kappa shape index (κ3) is 3.15. The van der Waals surface area contributed by atoms with Crippen LogP contribution in [0.25, 0.3) is 22.2 Å². The minimum atomic E-state index is -0.462. The number of hydrogen-bond donors (Lipinski definition) is 1. The topological polar surface area (TPSA) is 50.9 Å². The van der Waals surface area contributed by atoms with Crippen molar-refractivity contribution < 1.29 is 9.50 Å². The van der Waals surface area contributed by atoms with Gasteiger partial charge in [0.2, 0.25) is 0 Å². The van der Waals surface area contributed by atoms with Crippen molar-refractivity contribution in [3.05, 3.63) is 84.2 Å². The highest BCUT2D eigenvalue weighted by molar-refractivity contribution is 5.82. The monoisotopic (exact) mass is 427 g/mol. The van der Waals surface area contributed by atoms with E-state index >= 15 is 0 Å². The van der Waals surface area contributed by atoms with E-state index < -0.39 is 6.10 Å². The molecule has 2 atom stereocenters. The highest BCUT2D eigenvalue weighted by Crippen LogP contribution is 2.45. The molecular formula is C27H26FN3O. The third-order valence-corrected chi connectivity index (χ3v) is 7.57. The van der Waals surface area contributed by atoms with Crippen LogP contribution in [-0.4, -0.2) is 25.7 Å². The van der Waals surface area contributed by atoms with E-state index in [1.54, 1.807) is 18.6 Å². The predicted molar refractivity (Wildman–Crippen MR) is 123 cm³/mol. The van der Waals surface area contributed by atoms with Crippen LogP contribution in [0.4, 0.5) is 4.39 Å². The molecule has 0 saturated heterocycles. The van der Waals surface area contributed by atoms with E-state index in [1.165, 1.54) is 17.0 Å². The number of imidazole rings is 1. The molecule has 2 unspecified atom stereocenters. The fraction of sp³-hybridized carbons (Fsp3) is 0.333. The van der Waals surface area contributed by atoms with E-state index in [2.05, 4.69) is 34.2 Å². The van der Waals surface area contributed by atoms with Gasteiger partial charge in [0.1, 0.15) is 5.82 Å². The standard InChI is InChI=1S/C27H26FN3O/c28-22-6-3-5-21-25-15-29-16-31(25)24(27(21)22)14-26(32)18-10-8-17(9-11-18)19-12-13-30-23-7-2-1-4-20(19)23/h1-7,12-13,15-18,24,26,32H,8-11,14H2. The second-order valence-corrected chi connectivity index (χ2v) is 9.24. The van der Waals surface area contributed by atoms with Gasteiger partial charge in [0, 0.05) is 22.7 Å². The van der Waals surface area contributed by atoms with Gasteiger partial charge < -0.3 is 9.67 Å². The highest BCUT2D eigenvalue weighted by atomic mass is 19.1. The Morgan fingerprint density at radius 1 is 1.03 bits per heavy atom. The average Bonchev–Trinajstić information content (AvgIpc) is 3.42. The van der Waals surface area contributed by atoms with Crippen molar-refractivity contribution in [3.63, 3.8) is 0 Å². The van der Waals surface area contributed by atoms with E-state index in [1.807, 2.05) is 22.9 Å². The molecule has 0 spiro atoms. The first-order valence-corrected chi connectivity index (χ1v) is 11.5. The van der Waals surface area contributed by atoms with Crippen molar-refractivity contribution in [1.29, 1.82) is 0 Å². The SMILES string of the molecule is OC(CC1c2c(F)cccc2-c2cncn21)C1CCC(c2ccnc3ccccc23)CC1. The number of aromatic nitrogens is 3. The zero-order chi connectivity index (χ0) is 21.7. The van der Waals surface area contributed by atoms with Crippen LogP contribution in [-0.2, 0) is 0 Å². The van der Waals surface area contributed by atoms with Crippen molar-refractivity contribution in [2.24, 2.45) is 5.92 Å². The van der Waals surface area contributed by atoms with Crippen LogP contribution >= 0.6 is 0 Å². The Labute approximate surface area is 186 Å². The van der Waals surface area contributed by atoms with Crippen molar-refractivity contribution in [2.45, 2.75) is 50.2 Å². The lowest BCUT2D eigenvalue weighted by molar-refractivity contribution is 0.0651. The summed E-state index contributed by atoms with van der Waals surface area (Å²) < 4.78 is 16.7. The predicted octanol–water partition coefficient (Wildman–Crippen LogP) is 5.87. The Morgan fingerprint density at radius 2 is 1.88 bits per heavy atom. The molecule has 5 heteroatoms. The van der Waals surface area contributed by atoms with Crippen LogP contribution in [0, 0.1) is 11.7 Å². The largest absolute Gasteiger partial charge is 0.393 e. The van der Waals surface area contributed by atoms with Gasteiger partial charge in [-0.25, -0.2) is 9.37 Å². The number of para-hydroxylation sites is 1. The first kappa shape index (κ1) is 19.6.